The van der Waals surface area contributed by atoms with Gasteiger partial charge in [0.25, 0.3) is 5.91 Å². The molecule has 2 aromatic rings. The van der Waals surface area contributed by atoms with Crippen LogP contribution in [0.1, 0.15) is 47.2 Å². The summed E-state index contributed by atoms with van der Waals surface area (Å²) in [4.78, 5) is 16.6. The Labute approximate surface area is 137 Å². The van der Waals surface area contributed by atoms with Gasteiger partial charge in [0.05, 0.1) is 5.56 Å². The second kappa shape index (κ2) is 6.82. The maximum absolute atomic E-state index is 12.2. The summed E-state index contributed by atoms with van der Waals surface area (Å²) in [7, 11) is 0. The van der Waals surface area contributed by atoms with E-state index >= 15 is 0 Å². The van der Waals surface area contributed by atoms with Crippen LogP contribution in [0.25, 0.3) is 0 Å². The summed E-state index contributed by atoms with van der Waals surface area (Å²) in [6.07, 6.45) is 6.23. The summed E-state index contributed by atoms with van der Waals surface area (Å²) in [5, 5.41) is 6.38. The number of carbonyl (C=O) groups excluding carboxylic acids is 1. The average molecular weight is 309 g/mol. The van der Waals surface area contributed by atoms with Crippen molar-refractivity contribution in [3.8, 4) is 0 Å². The minimum Gasteiger partial charge on any atom is -0.349 e. The van der Waals surface area contributed by atoms with Crippen molar-refractivity contribution < 1.29 is 4.79 Å². The number of nitrogens with one attached hydrogen (secondary N) is 2. The van der Waals surface area contributed by atoms with Crippen LogP contribution in [0.5, 0.6) is 0 Å². The van der Waals surface area contributed by atoms with Gasteiger partial charge in [-0.3, -0.25) is 4.79 Å². The van der Waals surface area contributed by atoms with Crippen LogP contribution in [0.3, 0.4) is 0 Å². The molecule has 23 heavy (non-hydrogen) atoms. The van der Waals surface area contributed by atoms with Gasteiger partial charge in [-0.15, -0.1) is 0 Å². The van der Waals surface area contributed by atoms with E-state index in [-0.39, 0.29) is 5.91 Å². The molecule has 1 aliphatic rings. The highest BCUT2D eigenvalue weighted by molar-refractivity contribution is 5.94. The molecule has 1 amide bonds. The fourth-order valence-electron chi connectivity index (χ4n) is 3.03. The normalized spacial score (nSPS) is 14.7. The number of aryl methyl sites for hydroxylation is 2. The van der Waals surface area contributed by atoms with Gasteiger partial charge in [0, 0.05) is 17.9 Å². The number of benzene rings is 1. The molecule has 3 rings (SSSR count). The lowest BCUT2D eigenvalue weighted by Gasteiger charge is -2.12. The first kappa shape index (κ1) is 15.5. The lowest BCUT2D eigenvalue weighted by Crippen LogP contribution is -2.32. The molecular weight excluding hydrogens is 286 g/mol. The minimum absolute atomic E-state index is 0.0255. The molecule has 120 valence electrons. The molecule has 0 radical (unpaired) electrons. The Bertz CT molecular complexity index is 688. The third kappa shape index (κ3) is 3.89. The van der Waals surface area contributed by atoms with E-state index in [9.17, 15) is 4.79 Å². The second-order valence-corrected chi connectivity index (χ2v) is 6.33. The third-order valence-electron chi connectivity index (χ3n) is 4.36. The molecule has 1 aliphatic carbocycles. The molecule has 1 heterocycles. The minimum atomic E-state index is -0.0255. The number of aromatic nitrogens is 1. The van der Waals surface area contributed by atoms with E-state index in [1.54, 1.807) is 6.20 Å². The molecule has 0 aliphatic heterocycles. The molecule has 0 unspecified atom stereocenters. The van der Waals surface area contributed by atoms with Gasteiger partial charge in [0.1, 0.15) is 5.82 Å². The maximum atomic E-state index is 12.2. The lowest BCUT2D eigenvalue weighted by atomic mass is 10.1. The Kier molecular flexibility index (Phi) is 4.60. The van der Waals surface area contributed by atoms with E-state index in [2.05, 4.69) is 41.6 Å². The zero-order chi connectivity index (χ0) is 16.2. The van der Waals surface area contributed by atoms with E-state index < -0.39 is 0 Å². The van der Waals surface area contributed by atoms with Gasteiger partial charge in [-0.05, 0) is 50.5 Å². The molecule has 2 N–H and O–H groups in total. The van der Waals surface area contributed by atoms with Gasteiger partial charge in [-0.2, -0.15) is 0 Å². The smallest absolute Gasteiger partial charge is 0.253 e. The predicted octanol–water partition coefficient (Wildman–Crippen LogP) is 4.11. The number of hydrogen-bond donors (Lipinski definition) is 2. The summed E-state index contributed by atoms with van der Waals surface area (Å²) in [5.41, 5.74) is 4.06. The molecule has 4 nitrogen and oxygen atoms in total. The molecule has 0 spiro atoms. The van der Waals surface area contributed by atoms with Crippen LogP contribution < -0.4 is 10.6 Å². The van der Waals surface area contributed by atoms with E-state index in [0.717, 1.165) is 24.3 Å². The first-order valence-electron chi connectivity index (χ1n) is 8.23. The second-order valence-electron chi connectivity index (χ2n) is 6.33. The maximum Gasteiger partial charge on any atom is 0.253 e. The van der Waals surface area contributed by atoms with Gasteiger partial charge in [-0.1, -0.05) is 30.5 Å². The fraction of sp³-hybridized carbons (Fsp3) is 0.368. The Morgan fingerprint density at radius 1 is 1.13 bits per heavy atom. The Morgan fingerprint density at radius 3 is 2.57 bits per heavy atom. The van der Waals surface area contributed by atoms with Crippen molar-refractivity contribution in [2.75, 3.05) is 5.32 Å². The standard InChI is InChI=1S/C19H23N3O/c1-13-7-9-17(14(2)11-13)22-18-10-8-15(12-20-18)19(23)21-16-5-3-4-6-16/h7-12,16H,3-6H2,1-2H3,(H,20,22)(H,21,23). The lowest BCUT2D eigenvalue weighted by molar-refractivity contribution is 0.0937. The van der Waals surface area contributed by atoms with Crippen molar-refractivity contribution in [2.45, 2.75) is 45.6 Å². The summed E-state index contributed by atoms with van der Waals surface area (Å²) in [6.45, 7) is 4.14. The van der Waals surface area contributed by atoms with Crippen molar-refractivity contribution in [3.63, 3.8) is 0 Å². The van der Waals surface area contributed by atoms with Crippen molar-refractivity contribution in [3.05, 3.63) is 53.2 Å². The Balaban J connectivity index is 1.65. The zero-order valence-electron chi connectivity index (χ0n) is 13.7. The molecule has 1 aromatic carbocycles. The molecule has 0 saturated heterocycles. The quantitative estimate of drug-likeness (QED) is 0.893. The molecule has 1 fully saturated rings. The summed E-state index contributed by atoms with van der Waals surface area (Å²) >= 11 is 0. The number of amides is 1. The van der Waals surface area contributed by atoms with Crippen molar-refractivity contribution in [2.24, 2.45) is 0 Å². The molecule has 1 aromatic heterocycles. The van der Waals surface area contributed by atoms with E-state index in [1.165, 1.54) is 24.0 Å². The summed E-state index contributed by atoms with van der Waals surface area (Å²) in [6, 6.07) is 10.2. The fourth-order valence-corrected chi connectivity index (χ4v) is 3.03. The first-order valence-corrected chi connectivity index (χ1v) is 8.23. The molecule has 4 heteroatoms. The van der Waals surface area contributed by atoms with Crippen LogP contribution in [-0.4, -0.2) is 16.9 Å². The van der Waals surface area contributed by atoms with Crippen LogP contribution >= 0.6 is 0 Å². The molecular formula is C19H23N3O. The SMILES string of the molecule is Cc1ccc(Nc2ccc(C(=O)NC3CCCC3)cn2)c(C)c1. The topological polar surface area (TPSA) is 54.0 Å². The zero-order valence-corrected chi connectivity index (χ0v) is 13.7. The Hall–Kier alpha value is -2.36. The van der Waals surface area contributed by atoms with Gasteiger partial charge in [-0.25, -0.2) is 4.98 Å². The number of hydrogen-bond acceptors (Lipinski definition) is 3. The number of rotatable bonds is 4. The van der Waals surface area contributed by atoms with Gasteiger partial charge in [0.2, 0.25) is 0 Å². The van der Waals surface area contributed by atoms with Crippen LogP contribution in [0.15, 0.2) is 36.5 Å². The summed E-state index contributed by atoms with van der Waals surface area (Å²) < 4.78 is 0. The monoisotopic (exact) mass is 309 g/mol. The molecule has 1 saturated carbocycles. The number of anilines is 2. The van der Waals surface area contributed by atoms with Crippen LogP contribution in [0, 0.1) is 13.8 Å². The largest absolute Gasteiger partial charge is 0.349 e. The highest BCUT2D eigenvalue weighted by atomic mass is 16.1. The van der Waals surface area contributed by atoms with Crippen LogP contribution in [0.2, 0.25) is 0 Å². The predicted molar refractivity (Wildman–Crippen MR) is 93.2 cm³/mol. The van der Waals surface area contributed by atoms with Crippen molar-refractivity contribution in [1.29, 1.82) is 0 Å². The number of carbonyl (C=O) groups is 1. The average Bonchev–Trinajstić information content (AvgIpc) is 3.04. The van der Waals surface area contributed by atoms with Gasteiger partial charge >= 0.3 is 0 Å². The van der Waals surface area contributed by atoms with Gasteiger partial charge < -0.3 is 10.6 Å². The van der Waals surface area contributed by atoms with Crippen LogP contribution in [0.4, 0.5) is 11.5 Å². The van der Waals surface area contributed by atoms with Crippen molar-refractivity contribution >= 4 is 17.4 Å². The van der Waals surface area contributed by atoms with E-state index in [4.69, 9.17) is 0 Å². The molecule has 0 bridgehead atoms. The number of nitrogens with zero attached hydrogens (tertiary/aromatic N) is 1. The van der Waals surface area contributed by atoms with E-state index in [0.29, 0.717) is 11.6 Å². The number of pyridine rings is 1. The first-order chi connectivity index (χ1) is 11.1. The van der Waals surface area contributed by atoms with Gasteiger partial charge in [0.15, 0.2) is 0 Å². The van der Waals surface area contributed by atoms with Crippen LogP contribution in [-0.2, 0) is 0 Å². The highest BCUT2D eigenvalue weighted by Gasteiger charge is 2.18. The highest BCUT2D eigenvalue weighted by Crippen LogP contribution is 2.21. The Morgan fingerprint density at radius 2 is 1.91 bits per heavy atom. The summed E-state index contributed by atoms with van der Waals surface area (Å²) in [5.74, 6) is 0.719. The molecule has 0 atom stereocenters. The third-order valence-corrected chi connectivity index (χ3v) is 4.36. The van der Waals surface area contributed by atoms with Crippen molar-refractivity contribution in [1.82, 2.24) is 10.3 Å². The van der Waals surface area contributed by atoms with E-state index in [1.807, 2.05) is 18.2 Å².